The number of hydrogen-bond donors (Lipinski definition) is 2. The normalized spacial score (nSPS) is 19.2. The predicted molar refractivity (Wildman–Crippen MR) is 42.9 cm³/mol. The molecule has 0 fully saturated rings. The van der Waals surface area contributed by atoms with Gasteiger partial charge < -0.3 is 11.1 Å². The third kappa shape index (κ3) is 1.00. The molecule has 0 radical (unpaired) electrons. The van der Waals surface area contributed by atoms with Crippen LogP contribution in [0.3, 0.4) is 0 Å². The number of nitrogens with one attached hydrogen (secondary N) is 1. The summed E-state index contributed by atoms with van der Waals surface area (Å²) in [6.45, 7) is 7.42. The van der Waals surface area contributed by atoms with Crippen LogP contribution in [0.2, 0.25) is 0 Å². The summed E-state index contributed by atoms with van der Waals surface area (Å²) in [5.41, 5.74) is 8.19. The number of rotatable bonds is 0. The van der Waals surface area contributed by atoms with Gasteiger partial charge in [0, 0.05) is 12.1 Å². The van der Waals surface area contributed by atoms with Gasteiger partial charge in [0.15, 0.2) is 0 Å². The topological polar surface area (TPSA) is 49.9 Å². The van der Waals surface area contributed by atoms with Gasteiger partial charge in [0.2, 0.25) is 0 Å². The maximum absolute atomic E-state index is 7.32. The van der Waals surface area contributed by atoms with Gasteiger partial charge in [0.05, 0.1) is 5.71 Å². The lowest BCUT2D eigenvalue weighted by molar-refractivity contribution is 1.13. The summed E-state index contributed by atoms with van der Waals surface area (Å²) in [4.78, 5) is 0. The van der Waals surface area contributed by atoms with E-state index in [1.807, 2.05) is 0 Å². The van der Waals surface area contributed by atoms with E-state index in [0.717, 1.165) is 11.1 Å². The lowest BCUT2D eigenvalue weighted by Gasteiger charge is -2.14. The Morgan fingerprint density at radius 2 is 2.00 bits per heavy atom. The largest absolute Gasteiger partial charge is 0.398 e. The number of nitrogens with two attached hydrogens (primary N) is 1. The highest BCUT2D eigenvalue weighted by atomic mass is 14.6. The molecule has 0 heterocycles. The van der Waals surface area contributed by atoms with Crippen LogP contribution in [0.4, 0.5) is 0 Å². The second-order valence-corrected chi connectivity index (χ2v) is 2.40. The fourth-order valence-corrected chi connectivity index (χ4v) is 0.814. The molecule has 1 aliphatic rings. The summed E-state index contributed by atoms with van der Waals surface area (Å²) in [6, 6.07) is 0. The molecule has 0 saturated carbocycles. The maximum atomic E-state index is 7.32. The summed E-state index contributed by atoms with van der Waals surface area (Å²) in [5.74, 6) is 0. The number of hydrogen-bond acceptors (Lipinski definition) is 2. The summed E-state index contributed by atoms with van der Waals surface area (Å²) < 4.78 is 0. The van der Waals surface area contributed by atoms with Gasteiger partial charge in [-0.25, -0.2) is 0 Å². The van der Waals surface area contributed by atoms with Crippen molar-refractivity contribution in [2.45, 2.75) is 6.42 Å². The van der Waals surface area contributed by atoms with Crippen molar-refractivity contribution in [1.29, 1.82) is 5.41 Å². The van der Waals surface area contributed by atoms with E-state index in [0.29, 0.717) is 17.8 Å². The first kappa shape index (κ1) is 6.81. The van der Waals surface area contributed by atoms with E-state index in [4.69, 9.17) is 11.1 Å². The molecule has 1 aliphatic carbocycles. The van der Waals surface area contributed by atoms with Crippen LogP contribution in [-0.2, 0) is 0 Å². The van der Waals surface area contributed by atoms with Gasteiger partial charge in [-0.15, -0.1) is 0 Å². The Hall–Kier alpha value is -1.31. The third-order valence-corrected chi connectivity index (χ3v) is 1.52. The van der Waals surface area contributed by atoms with Crippen LogP contribution in [-0.4, -0.2) is 5.71 Å². The fraction of sp³-hybridized carbons (Fsp3) is 0.125. The first-order valence-corrected chi connectivity index (χ1v) is 3.03. The van der Waals surface area contributed by atoms with Crippen molar-refractivity contribution in [3.05, 3.63) is 36.1 Å². The van der Waals surface area contributed by atoms with Gasteiger partial charge in [-0.2, -0.15) is 0 Å². The Balaban J connectivity index is 3.01. The zero-order chi connectivity index (χ0) is 7.72. The molecular formula is C8H10N2. The molecule has 0 atom stereocenters. The van der Waals surface area contributed by atoms with Crippen LogP contribution in [0.15, 0.2) is 36.1 Å². The summed E-state index contributed by atoms with van der Waals surface area (Å²) >= 11 is 0. The monoisotopic (exact) mass is 134 g/mol. The van der Waals surface area contributed by atoms with Gasteiger partial charge in [-0.05, 0) is 17.2 Å². The molecule has 2 heteroatoms. The Morgan fingerprint density at radius 3 is 2.50 bits per heavy atom. The molecular weight excluding hydrogens is 124 g/mol. The van der Waals surface area contributed by atoms with Crippen molar-refractivity contribution in [1.82, 2.24) is 0 Å². The minimum atomic E-state index is 0.421. The van der Waals surface area contributed by atoms with E-state index >= 15 is 0 Å². The zero-order valence-corrected chi connectivity index (χ0v) is 5.78. The van der Waals surface area contributed by atoms with Crippen LogP contribution in [0.5, 0.6) is 0 Å². The molecule has 3 N–H and O–H groups in total. The van der Waals surface area contributed by atoms with Crippen LogP contribution in [0.1, 0.15) is 6.42 Å². The zero-order valence-electron chi connectivity index (χ0n) is 5.78. The van der Waals surface area contributed by atoms with Crippen LogP contribution in [0.25, 0.3) is 0 Å². The van der Waals surface area contributed by atoms with Gasteiger partial charge in [-0.3, -0.25) is 0 Å². The van der Waals surface area contributed by atoms with Crippen molar-refractivity contribution in [2.24, 2.45) is 5.73 Å². The molecule has 0 saturated heterocycles. The van der Waals surface area contributed by atoms with E-state index in [1.165, 1.54) is 0 Å². The second-order valence-electron chi connectivity index (χ2n) is 2.40. The summed E-state index contributed by atoms with van der Waals surface area (Å²) in [6.07, 6.45) is 2.23. The van der Waals surface area contributed by atoms with Gasteiger partial charge >= 0.3 is 0 Å². The lowest BCUT2D eigenvalue weighted by atomic mass is 9.95. The van der Waals surface area contributed by atoms with Crippen LogP contribution >= 0.6 is 0 Å². The first-order chi connectivity index (χ1) is 4.61. The van der Waals surface area contributed by atoms with Crippen molar-refractivity contribution < 1.29 is 0 Å². The van der Waals surface area contributed by atoms with Crippen molar-refractivity contribution >= 4 is 5.71 Å². The highest BCUT2D eigenvalue weighted by Gasteiger charge is 2.10. The smallest absolute Gasteiger partial charge is 0.0589 e. The molecule has 2 nitrogen and oxygen atoms in total. The first-order valence-electron chi connectivity index (χ1n) is 3.03. The van der Waals surface area contributed by atoms with E-state index in [9.17, 15) is 0 Å². The predicted octanol–water partition coefficient (Wildman–Crippen LogP) is 1.36. The standard InChI is InChI=1S/C8H10N2/c1-5-3-6(2)8(10)4-7(5)9/h4,9H,1-3,10H2. The minimum absolute atomic E-state index is 0.421. The molecule has 0 aromatic heterocycles. The van der Waals surface area contributed by atoms with Gasteiger partial charge in [-0.1, -0.05) is 13.2 Å². The summed E-state index contributed by atoms with van der Waals surface area (Å²) in [5, 5.41) is 7.32. The quantitative estimate of drug-likeness (QED) is 0.516. The van der Waals surface area contributed by atoms with E-state index in [2.05, 4.69) is 13.2 Å². The average Bonchev–Trinajstić information content (AvgIpc) is 1.84. The Kier molecular flexibility index (Phi) is 1.45. The molecule has 10 heavy (non-hydrogen) atoms. The second kappa shape index (κ2) is 2.14. The molecule has 52 valence electrons. The Labute approximate surface area is 60.2 Å². The highest BCUT2D eigenvalue weighted by molar-refractivity contribution is 6.08. The van der Waals surface area contributed by atoms with Crippen molar-refractivity contribution in [2.75, 3.05) is 0 Å². The molecule has 0 aliphatic heterocycles. The Morgan fingerprint density at radius 1 is 1.40 bits per heavy atom. The highest BCUT2D eigenvalue weighted by Crippen LogP contribution is 2.19. The lowest BCUT2D eigenvalue weighted by Crippen LogP contribution is -2.12. The van der Waals surface area contributed by atoms with Gasteiger partial charge in [0.1, 0.15) is 0 Å². The van der Waals surface area contributed by atoms with Crippen molar-refractivity contribution in [3.8, 4) is 0 Å². The molecule has 0 aromatic carbocycles. The van der Waals surface area contributed by atoms with E-state index in [1.54, 1.807) is 6.08 Å². The molecule has 0 amide bonds. The molecule has 1 rings (SSSR count). The SMILES string of the molecule is C=C1CC(=C)C(N)=CC1=N. The number of allylic oxidation sites excluding steroid dienone is 3. The average molecular weight is 134 g/mol. The van der Waals surface area contributed by atoms with Crippen LogP contribution < -0.4 is 5.73 Å². The summed E-state index contributed by atoms with van der Waals surface area (Å²) in [7, 11) is 0. The molecule has 0 unspecified atom stereocenters. The van der Waals surface area contributed by atoms with Crippen molar-refractivity contribution in [3.63, 3.8) is 0 Å². The Bertz CT molecular complexity index is 246. The fourth-order valence-electron chi connectivity index (χ4n) is 0.814. The molecule has 0 bridgehead atoms. The van der Waals surface area contributed by atoms with E-state index < -0.39 is 0 Å². The maximum Gasteiger partial charge on any atom is 0.0589 e. The third-order valence-electron chi connectivity index (χ3n) is 1.52. The molecule has 0 spiro atoms. The van der Waals surface area contributed by atoms with Gasteiger partial charge in [0.25, 0.3) is 0 Å². The minimum Gasteiger partial charge on any atom is -0.398 e. The molecule has 0 aromatic rings. The van der Waals surface area contributed by atoms with Crippen LogP contribution in [0, 0.1) is 5.41 Å². The van der Waals surface area contributed by atoms with E-state index in [-0.39, 0.29) is 0 Å².